The largest absolute Gasteiger partial charge is 0.378 e. The predicted molar refractivity (Wildman–Crippen MR) is 104 cm³/mol. The predicted octanol–water partition coefficient (Wildman–Crippen LogP) is 5.26. The van der Waals surface area contributed by atoms with Crippen molar-refractivity contribution in [2.24, 2.45) is 4.99 Å². The van der Waals surface area contributed by atoms with E-state index in [1.165, 1.54) is 0 Å². The number of nitrogens with zero attached hydrogens (tertiary/aromatic N) is 3. The van der Waals surface area contributed by atoms with Gasteiger partial charge in [0.05, 0.1) is 17.6 Å². The lowest BCUT2D eigenvalue weighted by Gasteiger charge is -2.11. The smallest absolute Gasteiger partial charge is 0.0639 e. The summed E-state index contributed by atoms with van der Waals surface area (Å²) < 4.78 is 2.07. The third-order valence-electron chi connectivity index (χ3n) is 3.93. The molecule has 0 spiro atoms. The van der Waals surface area contributed by atoms with E-state index in [0.717, 1.165) is 33.3 Å². The van der Waals surface area contributed by atoms with Gasteiger partial charge >= 0.3 is 0 Å². The van der Waals surface area contributed by atoms with Crippen LogP contribution in [0.4, 0.5) is 11.4 Å². The molecule has 0 bridgehead atoms. The van der Waals surface area contributed by atoms with Crippen molar-refractivity contribution in [3.8, 4) is 5.69 Å². The summed E-state index contributed by atoms with van der Waals surface area (Å²) in [6.07, 6.45) is 3.88. The van der Waals surface area contributed by atoms with Crippen LogP contribution in [0.25, 0.3) is 5.69 Å². The zero-order valence-corrected chi connectivity index (χ0v) is 14.8. The SMILES string of the molecule is Cc1ccc(-n2cccc2C=Nc2ccc(N(C)C)cc2)cc1Cl. The topological polar surface area (TPSA) is 20.5 Å². The van der Waals surface area contributed by atoms with Gasteiger partial charge in [-0.25, -0.2) is 0 Å². The summed E-state index contributed by atoms with van der Waals surface area (Å²) in [5.41, 5.74) is 5.19. The summed E-state index contributed by atoms with van der Waals surface area (Å²) in [5.74, 6) is 0. The van der Waals surface area contributed by atoms with Gasteiger partial charge in [0.2, 0.25) is 0 Å². The Kier molecular flexibility index (Phi) is 4.72. The zero-order valence-electron chi connectivity index (χ0n) is 14.1. The molecule has 3 aromatic rings. The Hall–Kier alpha value is -2.52. The Morgan fingerprint density at radius 3 is 2.46 bits per heavy atom. The molecule has 24 heavy (non-hydrogen) atoms. The first-order valence-corrected chi connectivity index (χ1v) is 8.18. The van der Waals surface area contributed by atoms with E-state index in [4.69, 9.17) is 11.6 Å². The van der Waals surface area contributed by atoms with Crippen LogP contribution in [0.2, 0.25) is 5.02 Å². The molecule has 1 aromatic heterocycles. The number of halogens is 1. The van der Waals surface area contributed by atoms with Crippen molar-refractivity contribution in [2.45, 2.75) is 6.92 Å². The minimum absolute atomic E-state index is 0.767. The maximum atomic E-state index is 6.25. The molecule has 0 aliphatic carbocycles. The molecule has 0 aliphatic heterocycles. The molecule has 2 aromatic carbocycles. The number of hydrogen-bond donors (Lipinski definition) is 0. The van der Waals surface area contributed by atoms with Gasteiger partial charge in [0.15, 0.2) is 0 Å². The van der Waals surface area contributed by atoms with E-state index in [-0.39, 0.29) is 0 Å². The van der Waals surface area contributed by atoms with Crippen LogP contribution in [0.5, 0.6) is 0 Å². The second kappa shape index (κ2) is 6.93. The quantitative estimate of drug-likeness (QED) is 0.595. The van der Waals surface area contributed by atoms with Gasteiger partial charge in [-0.1, -0.05) is 17.7 Å². The van der Waals surface area contributed by atoms with E-state index >= 15 is 0 Å². The fraction of sp³-hybridized carbons (Fsp3) is 0.150. The monoisotopic (exact) mass is 337 g/mol. The molecular formula is C20H20ClN3. The highest BCUT2D eigenvalue weighted by Gasteiger charge is 2.04. The Morgan fingerprint density at radius 2 is 1.79 bits per heavy atom. The highest BCUT2D eigenvalue weighted by atomic mass is 35.5. The third kappa shape index (κ3) is 3.52. The molecular weight excluding hydrogens is 318 g/mol. The lowest BCUT2D eigenvalue weighted by molar-refractivity contribution is 1.06. The van der Waals surface area contributed by atoms with Gasteiger partial charge in [0, 0.05) is 36.7 Å². The molecule has 0 saturated carbocycles. The molecule has 0 aliphatic rings. The van der Waals surface area contributed by atoms with Gasteiger partial charge in [-0.15, -0.1) is 0 Å². The van der Waals surface area contributed by atoms with Gasteiger partial charge in [0.25, 0.3) is 0 Å². The zero-order chi connectivity index (χ0) is 17.1. The number of anilines is 1. The van der Waals surface area contributed by atoms with Crippen molar-refractivity contribution in [1.29, 1.82) is 0 Å². The van der Waals surface area contributed by atoms with Gasteiger partial charge in [0.1, 0.15) is 0 Å². The normalized spacial score (nSPS) is 11.2. The fourth-order valence-electron chi connectivity index (χ4n) is 2.44. The minimum atomic E-state index is 0.767. The van der Waals surface area contributed by atoms with E-state index < -0.39 is 0 Å². The second-order valence-corrected chi connectivity index (χ2v) is 6.31. The van der Waals surface area contributed by atoms with Crippen LogP contribution >= 0.6 is 11.6 Å². The van der Waals surface area contributed by atoms with E-state index in [9.17, 15) is 0 Å². The highest BCUT2D eigenvalue weighted by Crippen LogP contribution is 2.21. The Balaban J connectivity index is 1.86. The number of aryl methyl sites for hydroxylation is 1. The van der Waals surface area contributed by atoms with E-state index in [0.29, 0.717) is 0 Å². The van der Waals surface area contributed by atoms with E-state index in [1.54, 1.807) is 0 Å². The molecule has 0 atom stereocenters. The van der Waals surface area contributed by atoms with E-state index in [2.05, 4.69) is 32.7 Å². The molecule has 0 radical (unpaired) electrons. The first-order chi connectivity index (χ1) is 11.5. The molecule has 1 heterocycles. The number of aliphatic imine (C=N–C) groups is 1. The number of rotatable bonds is 4. The van der Waals surface area contributed by atoms with Gasteiger partial charge in [-0.05, 0) is 61.0 Å². The second-order valence-electron chi connectivity index (χ2n) is 5.91. The third-order valence-corrected chi connectivity index (χ3v) is 4.33. The number of hydrogen-bond acceptors (Lipinski definition) is 2. The summed E-state index contributed by atoms with van der Waals surface area (Å²) >= 11 is 6.25. The summed E-state index contributed by atoms with van der Waals surface area (Å²) in [4.78, 5) is 6.65. The van der Waals surface area contributed by atoms with Gasteiger partial charge in [-0.2, -0.15) is 0 Å². The van der Waals surface area contributed by atoms with Crippen LogP contribution in [0.3, 0.4) is 0 Å². The number of benzene rings is 2. The average molecular weight is 338 g/mol. The Labute approximate surface area is 147 Å². The van der Waals surface area contributed by atoms with Gasteiger partial charge in [-0.3, -0.25) is 4.99 Å². The van der Waals surface area contributed by atoms with Crippen molar-refractivity contribution in [3.63, 3.8) is 0 Å². The van der Waals surface area contributed by atoms with Crippen LogP contribution in [0.15, 0.2) is 65.8 Å². The molecule has 0 fully saturated rings. The van der Waals surface area contributed by atoms with Crippen LogP contribution in [-0.2, 0) is 0 Å². The Bertz CT molecular complexity index is 861. The molecule has 122 valence electrons. The van der Waals surface area contributed by atoms with Crippen LogP contribution in [0.1, 0.15) is 11.3 Å². The first-order valence-electron chi connectivity index (χ1n) is 7.80. The lowest BCUT2D eigenvalue weighted by Crippen LogP contribution is -2.07. The fourth-order valence-corrected chi connectivity index (χ4v) is 2.62. The standard InChI is InChI=1S/C20H20ClN3/c1-15-6-9-18(13-20(15)21)24-12-4-5-19(24)14-22-16-7-10-17(11-8-16)23(2)3/h4-14H,1-3H3. The summed E-state index contributed by atoms with van der Waals surface area (Å²) in [6.45, 7) is 2.00. The summed E-state index contributed by atoms with van der Waals surface area (Å²) in [5, 5.41) is 0.767. The molecule has 0 unspecified atom stereocenters. The molecule has 4 heteroatoms. The molecule has 0 N–H and O–H groups in total. The maximum absolute atomic E-state index is 6.25. The van der Waals surface area contributed by atoms with Crippen molar-refractivity contribution in [3.05, 3.63) is 77.1 Å². The molecule has 0 saturated heterocycles. The average Bonchev–Trinajstić information content (AvgIpc) is 3.04. The van der Waals surface area contributed by atoms with Crippen molar-refractivity contribution >= 4 is 29.2 Å². The van der Waals surface area contributed by atoms with Crippen molar-refractivity contribution < 1.29 is 0 Å². The van der Waals surface area contributed by atoms with Crippen molar-refractivity contribution in [1.82, 2.24) is 4.57 Å². The first kappa shape index (κ1) is 16.3. The maximum Gasteiger partial charge on any atom is 0.0639 e. The highest BCUT2D eigenvalue weighted by molar-refractivity contribution is 6.31. The van der Waals surface area contributed by atoms with E-state index in [1.807, 2.05) is 69.8 Å². The van der Waals surface area contributed by atoms with Crippen molar-refractivity contribution in [2.75, 3.05) is 19.0 Å². The molecule has 0 amide bonds. The minimum Gasteiger partial charge on any atom is -0.378 e. The molecule has 3 rings (SSSR count). The lowest BCUT2D eigenvalue weighted by atomic mass is 10.2. The molecule has 3 nitrogen and oxygen atoms in total. The Morgan fingerprint density at radius 1 is 1.04 bits per heavy atom. The van der Waals surface area contributed by atoms with Crippen LogP contribution in [-0.4, -0.2) is 24.9 Å². The van der Waals surface area contributed by atoms with Crippen LogP contribution in [0, 0.1) is 6.92 Å². The van der Waals surface area contributed by atoms with Gasteiger partial charge < -0.3 is 9.47 Å². The summed E-state index contributed by atoms with van der Waals surface area (Å²) in [7, 11) is 4.05. The number of aromatic nitrogens is 1. The van der Waals surface area contributed by atoms with Crippen LogP contribution < -0.4 is 4.90 Å². The summed E-state index contributed by atoms with van der Waals surface area (Å²) in [6, 6.07) is 18.2.